The number of aryl methyl sites for hydroxylation is 1. The van der Waals surface area contributed by atoms with Gasteiger partial charge in [-0.25, -0.2) is 4.98 Å². The average molecular weight is 427 g/mol. The van der Waals surface area contributed by atoms with Crippen molar-refractivity contribution in [1.29, 1.82) is 0 Å². The highest BCUT2D eigenvalue weighted by Gasteiger charge is 2.46. The molecule has 1 aromatic carbocycles. The Morgan fingerprint density at radius 3 is 2.69 bits per heavy atom. The maximum Gasteiger partial charge on any atom is 0.312 e. The molecule has 5 nitrogen and oxygen atoms in total. The number of amides is 1. The molecule has 1 fully saturated rings. The predicted octanol–water partition coefficient (Wildman–Crippen LogP) is 4.94. The van der Waals surface area contributed by atoms with Crippen LogP contribution < -0.4 is 4.90 Å². The number of nitrogens with zero attached hydrogens (tertiary/aromatic N) is 2. The van der Waals surface area contributed by atoms with Crippen molar-refractivity contribution in [2.45, 2.75) is 26.0 Å². The minimum absolute atomic E-state index is 0.0811. The van der Waals surface area contributed by atoms with E-state index in [9.17, 15) is 9.59 Å². The van der Waals surface area contributed by atoms with Crippen LogP contribution in [-0.2, 0) is 20.9 Å². The third-order valence-corrected chi connectivity index (χ3v) is 6.11. The van der Waals surface area contributed by atoms with Gasteiger partial charge in [0.05, 0.1) is 12.0 Å². The Kier molecular flexibility index (Phi) is 5.65. The number of aromatic nitrogens is 1. The molecular weight excluding hydrogens is 408 g/mol. The highest BCUT2D eigenvalue weighted by Crippen LogP contribution is 2.43. The van der Waals surface area contributed by atoms with Crippen LogP contribution in [0.2, 0.25) is 5.15 Å². The molecule has 1 saturated heterocycles. The first kappa shape index (κ1) is 19.6. The number of anilines is 1. The molecule has 0 saturated carbocycles. The molecule has 1 aliphatic heterocycles. The van der Waals surface area contributed by atoms with Crippen LogP contribution in [0.3, 0.4) is 0 Å². The Morgan fingerprint density at radius 1 is 1.24 bits per heavy atom. The van der Waals surface area contributed by atoms with Crippen molar-refractivity contribution in [3.63, 3.8) is 0 Å². The number of hydrogen-bond acceptors (Lipinski definition) is 5. The monoisotopic (exact) mass is 426 g/mol. The lowest BCUT2D eigenvalue weighted by Crippen LogP contribution is -2.30. The van der Waals surface area contributed by atoms with Crippen molar-refractivity contribution in [2.24, 2.45) is 5.92 Å². The van der Waals surface area contributed by atoms with Crippen LogP contribution in [0, 0.1) is 12.8 Å². The molecular formula is C22H19ClN2O3S. The van der Waals surface area contributed by atoms with E-state index in [1.165, 1.54) is 11.3 Å². The third-order valence-electron chi connectivity index (χ3n) is 4.94. The molecule has 1 amide bonds. The number of hydrogen-bond donors (Lipinski definition) is 0. The maximum absolute atomic E-state index is 12.9. The Bertz CT molecular complexity index is 1000. The van der Waals surface area contributed by atoms with Gasteiger partial charge in [0.1, 0.15) is 11.8 Å². The highest BCUT2D eigenvalue weighted by atomic mass is 35.5. The van der Waals surface area contributed by atoms with Gasteiger partial charge in [-0.2, -0.15) is 0 Å². The molecule has 7 heteroatoms. The van der Waals surface area contributed by atoms with E-state index in [2.05, 4.69) is 4.98 Å². The Hall–Kier alpha value is -2.70. The molecule has 0 unspecified atom stereocenters. The zero-order valence-electron chi connectivity index (χ0n) is 15.7. The van der Waals surface area contributed by atoms with E-state index in [0.717, 1.165) is 21.7 Å². The van der Waals surface area contributed by atoms with Crippen LogP contribution in [-0.4, -0.2) is 16.9 Å². The summed E-state index contributed by atoms with van der Waals surface area (Å²) < 4.78 is 5.54. The van der Waals surface area contributed by atoms with Crippen molar-refractivity contribution in [1.82, 2.24) is 4.98 Å². The normalized spacial score (nSPS) is 18.8. The van der Waals surface area contributed by atoms with Crippen LogP contribution >= 0.6 is 22.9 Å². The molecule has 0 bridgehead atoms. The van der Waals surface area contributed by atoms with Gasteiger partial charge >= 0.3 is 5.97 Å². The fraction of sp³-hybridized carbons (Fsp3) is 0.227. The molecule has 29 heavy (non-hydrogen) atoms. The van der Waals surface area contributed by atoms with E-state index in [-0.39, 0.29) is 30.9 Å². The molecule has 3 aromatic rings. The number of carbonyl (C=O) groups excluding carboxylic acids is 2. The molecule has 2 atom stereocenters. The van der Waals surface area contributed by atoms with Gasteiger partial charge in [-0.05, 0) is 36.6 Å². The summed E-state index contributed by atoms with van der Waals surface area (Å²) in [6, 6.07) is 14.7. The van der Waals surface area contributed by atoms with Crippen LogP contribution in [0.25, 0.3) is 0 Å². The van der Waals surface area contributed by atoms with Gasteiger partial charge in [-0.3, -0.25) is 9.59 Å². The van der Waals surface area contributed by atoms with Gasteiger partial charge in [0, 0.05) is 28.7 Å². The van der Waals surface area contributed by atoms with E-state index < -0.39 is 5.92 Å². The lowest BCUT2D eigenvalue weighted by Gasteiger charge is -2.27. The summed E-state index contributed by atoms with van der Waals surface area (Å²) in [4.78, 5) is 32.5. The minimum atomic E-state index is -0.567. The van der Waals surface area contributed by atoms with Crippen LogP contribution in [0.4, 0.5) is 5.69 Å². The number of pyridine rings is 1. The van der Waals surface area contributed by atoms with Crippen molar-refractivity contribution < 1.29 is 14.3 Å². The minimum Gasteiger partial charge on any atom is -0.460 e. The Balaban J connectivity index is 1.58. The van der Waals surface area contributed by atoms with Crippen molar-refractivity contribution >= 4 is 40.5 Å². The largest absolute Gasteiger partial charge is 0.460 e. The lowest BCUT2D eigenvalue weighted by molar-refractivity contribution is -0.150. The molecule has 0 aliphatic carbocycles. The lowest BCUT2D eigenvalue weighted by atomic mass is 9.98. The van der Waals surface area contributed by atoms with Crippen molar-refractivity contribution in [3.05, 3.63) is 81.3 Å². The summed E-state index contributed by atoms with van der Waals surface area (Å²) in [5.74, 6) is -1.04. The van der Waals surface area contributed by atoms with Crippen molar-refractivity contribution in [2.75, 3.05) is 4.90 Å². The second-order valence-electron chi connectivity index (χ2n) is 6.97. The van der Waals surface area contributed by atoms with E-state index in [0.29, 0.717) is 5.15 Å². The number of rotatable bonds is 5. The van der Waals surface area contributed by atoms with E-state index in [4.69, 9.17) is 16.3 Å². The molecule has 0 N–H and O–H groups in total. The van der Waals surface area contributed by atoms with E-state index in [1.54, 1.807) is 23.2 Å². The maximum atomic E-state index is 12.9. The van der Waals surface area contributed by atoms with Gasteiger partial charge in [0.15, 0.2) is 0 Å². The molecule has 0 spiro atoms. The van der Waals surface area contributed by atoms with Gasteiger partial charge in [0.25, 0.3) is 0 Å². The van der Waals surface area contributed by atoms with Gasteiger partial charge in [-0.1, -0.05) is 41.4 Å². The molecule has 4 rings (SSSR count). The van der Waals surface area contributed by atoms with Crippen LogP contribution in [0.15, 0.2) is 60.1 Å². The summed E-state index contributed by atoms with van der Waals surface area (Å²) >= 11 is 7.33. The second-order valence-corrected chi connectivity index (χ2v) is 8.33. The first-order valence-corrected chi connectivity index (χ1v) is 10.5. The van der Waals surface area contributed by atoms with Crippen molar-refractivity contribution in [3.8, 4) is 0 Å². The first-order chi connectivity index (χ1) is 14.0. The topological polar surface area (TPSA) is 59.5 Å². The summed E-state index contributed by atoms with van der Waals surface area (Å²) in [6.45, 7) is 2.09. The number of ether oxygens (including phenoxy) is 1. The second kappa shape index (κ2) is 8.35. The number of esters is 1. The quantitative estimate of drug-likeness (QED) is 0.428. The Labute approximate surface area is 177 Å². The number of thiophene rings is 1. The summed E-state index contributed by atoms with van der Waals surface area (Å²) in [5.41, 5.74) is 2.65. The molecule has 0 radical (unpaired) electrons. The third kappa shape index (κ3) is 4.18. The molecule has 1 aliphatic rings. The first-order valence-electron chi connectivity index (χ1n) is 9.22. The Morgan fingerprint density at radius 2 is 2.03 bits per heavy atom. The zero-order chi connectivity index (χ0) is 20.4. The van der Waals surface area contributed by atoms with Crippen LogP contribution in [0.5, 0.6) is 0 Å². The summed E-state index contributed by atoms with van der Waals surface area (Å²) in [5, 5.41) is 2.33. The average Bonchev–Trinajstić information content (AvgIpc) is 3.36. The number of carbonyl (C=O) groups is 2. The molecule has 3 heterocycles. The van der Waals surface area contributed by atoms with Gasteiger partial charge in [0.2, 0.25) is 5.91 Å². The van der Waals surface area contributed by atoms with Gasteiger partial charge < -0.3 is 9.64 Å². The number of benzene rings is 1. The fourth-order valence-corrected chi connectivity index (χ4v) is 4.49. The zero-order valence-corrected chi connectivity index (χ0v) is 17.3. The molecule has 2 aromatic heterocycles. The smallest absolute Gasteiger partial charge is 0.312 e. The predicted molar refractivity (Wildman–Crippen MR) is 113 cm³/mol. The molecule has 148 valence electrons. The fourth-order valence-electron chi connectivity index (χ4n) is 3.49. The highest BCUT2D eigenvalue weighted by molar-refractivity contribution is 7.10. The number of halogens is 1. The van der Waals surface area contributed by atoms with E-state index >= 15 is 0 Å². The standard InChI is InChI=1S/C22H19ClN2O3S/c1-14-4-7-16(8-5-14)25-20(26)11-17(21(25)18-3-2-10-29-18)22(27)28-13-15-6-9-19(23)24-12-15/h2-10,12,17,21H,11,13H2,1H3/t17-,21+/m0/s1. The van der Waals surface area contributed by atoms with E-state index in [1.807, 2.05) is 48.7 Å². The summed E-state index contributed by atoms with van der Waals surface area (Å²) in [6.07, 6.45) is 1.69. The van der Waals surface area contributed by atoms with Crippen LogP contribution in [0.1, 0.15) is 28.5 Å². The van der Waals surface area contributed by atoms with Gasteiger partial charge in [-0.15, -0.1) is 11.3 Å². The summed E-state index contributed by atoms with van der Waals surface area (Å²) in [7, 11) is 0. The SMILES string of the molecule is Cc1ccc(N2C(=O)C[C@H](C(=O)OCc3ccc(Cl)nc3)[C@@H]2c2cccs2)cc1.